The number of aliphatic imine (C=N–C) groups is 4. The Kier molecular flexibility index (Phi) is 15.1. The SMILES string of the molecule is CN=C(N)Nc1ccc(Cl)cc1.NC=NCCCCCCN=C(N)/N=C(\N)Nc1ccc(Cl)cc1. The summed E-state index contributed by atoms with van der Waals surface area (Å²) in [5, 5.41) is 7.16. The van der Waals surface area contributed by atoms with Crippen LogP contribution in [0.5, 0.6) is 0 Å². The maximum absolute atomic E-state index is 5.81. The van der Waals surface area contributed by atoms with Crippen molar-refractivity contribution in [3.05, 3.63) is 58.6 Å². The molecule has 0 aromatic heterocycles. The lowest BCUT2D eigenvalue weighted by Crippen LogP contribution is -2.26. The van der Waals surface area contributed by atoms with E-state index in [9.17, 15) is 0 Å². The van der Waals surface area contributed by atoms with Gasteiger partial charge in [-0.25, -0.2) is 0 Å². The van der Waals surface area contributed by atoms with E-state index in [-0.39, 0.29) is 11.9 Å². The van der Waals surface area contributed by atoms with Gasteiger partial charge in [0.1, 0.15) is 0 Å². The van der Waals surface area contributed by atoms with Gasteiger partial charge in [0, 0.05) is 41.6 Å². The lowest BCUT2D eigenvalue weighted by atomic mass is 10.2. The quantitative estimate of drug-likeness (QED) is 0.167. The molecule has 0 aliphatic heterocycles. The Morgan fingerprint density at radius 3 is 1.74 bits per heavy atom. The van der Waals surface area contributed by atoms with Gasteiger partial charge in [-0.15, -0.1) is 0 Å². The summed E-state index contributed by atoms with van der Waals surface area (Å²) in [6.45, 7) is 1.41. The van der Waals surface area contributed by atoms with E-state index in [0.717, 1.165) is 43.6 Å². The second kappa shape index (κ2) is 17.9. The van der Waals surface area contributed by atoms with E-state index >= 15 is 0 Å². The normalized spacial score (nSPS) is 12.3. The molecule has 0 saturated heterocycles. The van der Waals surface area contributed by atoms with E-state index in [1.54, 1.807) is 43.4 Å². The third kappa shape index (κ3) is 15.1. The number of halogens is 2. The van der Waals surface area contributed by atoms with Crippen molar-refractivity contribution < 1.29 is 0 Å². The summed E-state index contributed by atoms with van der Waals surface area (Å²) in [4.78, 5) is 15.9. The van der Waals surface area contributed by atoms with Gasteiger partial charge in [-0.3, -0.25) is 15.0 Å². The number of hydrogen-bond donors (Lipinski definition) is 6. The highest BCUT2D eigenvalue weighted by Crippen LogP contribution is 2.13. The third-order valence-corrected chi connectivity index (χ3v) is 4.79. The van der Waals surface area contributed by atoms with Gasteiger partial charge in [-0.1, -0.05) is 36.0 Å². The van der Waals surface area contributed by atoms with Gasteiger partial charge in [0.15, 0.2) is 5.96 Å². The molecule has 0 atom stereocenters. The molecular weight excluding hydrogens is 487 g/mol. The maximum Gasteiger partial charge on any atom is 0.218 e. The number of rotatable bonds is 9. The molecule has 0 saturated carbocycles. The van der Waals surface area contributed by atoms with Gasteiger partial charge in [0.2, 0.25) is 11.9 Å². The van der Waals surface area contributed by atoms with Crippen LogP contribution < -0.4 is 33.6 Å². The molecule has 0 unspecified atom stereocenters. The van der Waals surface area contributed by atoms with Crippen LogP contribution in [0.1, 0.15) is 25.7 Å². The van der Waals surface area contributed by atoms with Gasteiger partial charge in [0.05, 0.1) is 6.34 Å². The zero-order chi connectivity index (χ0) is 25.9. The molecule has 10 nitrogen and oxygen atoms in total. The molecular formula is C23H34Cl2N10. The van der Waals surface area contributed by atoms with Crippen LogP contribution >= 0.6 is 23.2 Å². The Morgan fingerprint density at radius 1 is 0.771 bits per heavy atom. The first-order valence-electron chi connectivity index (χ1n) is 11.0. The molecule has 35 heavy (non-hydrogen) atoms. The molecule has 0 spiro atoms. The third-order valence-electron chi connectivity index (χ3n) is 4.28. The molecule has 10 N–H and O–H groups in total. The number of anilines is 2. The molecule has 0 aliphatic rings. The van der Waals surface area contributed by atoms with Crippen molar-refractivity contribution in [1.82, 2.24) is 0 Å². The number of unbranched alkanes of at least 4 members (excludes halogenated alkanes) is 3. The number of benzene rings is 2. The Labute approximate surface area is 216 Å². The van der Waals surface area contributed by atoms with Gasteiger partial charge >= 0.3 is 0 Å². The number of nitrogens with one attached hydrogen (secondary N) is 2. The largest absolute Gasteiger partial charge is 0.390 e. The highest BCUT2D eigenvalue weighted by atomic mass is 35.5. The van der Waals surface area contributed by atoms with Crippen molar-refractivity contribution in [2.24, 2.45) is 42.9 Å². The molecule has 0 amide bonds. The number of nitrogens with zero attached hydrogens (tertiary/aromatic N) is 4. The molecule has 190 valence electrons. The summed E-state index contributed by atoms with van der Waals surface area (Å²) in [6, 6.07) is 14.3. The van der Waals surface area contributed by atoms with E-state index in [4.69, 9.17) is 46.1 Å². The van der Waals surface area contributed by atoms with Crippen LogP contribution in [0.25, 0.3) is 0 Å². The molecule has 0 heterocycles. The van der Waals surface area contributed by atoms with Crippen LogP contribution in [-0.2, 0) is 0 Å². The monoisotopic (exact) mass is 520 g/mol. The van der Waals surface area contributed by atoms with E-state index in [1.165, 1.54) is 6.34 Å². The predicted molar refractivity (Wildman–Crippen MR) is 152 cm³/mol. The summed E-state index contributed by atoms with van der Waals surface area (Å²) in [5.74, 6) is 0.738. The van der Waals surface area contributed by atoms with Crippen molar-refractivity contribution in [3.63, 3.8) is 0 Å². The van der Waals surface area contributed by atoms with E-state index in [1.807, 2.05) is 12.1 Å². The first-order valence-corrected chi connectivity index (χ1v) is 11.7. The van der Waals surface area contributed by atoms with Crippen molar-refractivity contribution in [2.75, 3.05) is 30.8 Å². The summed E-state index contributed by atoms with van der Waals surface area (Å²) in [7, 11) is 1.62. The Hall–Kier alpha value is -3.50. The van der Waals surface area contributed by atoms with E-state index in [0.29, 0.717) is 22.5 Å². The molecule has 0 bridgehead atoms. The smallest absolute Gasteiger partial charge is 0.218 e. The van der Waals surface area contributed by atoms with Crippen LogP contribution in [0.2, 0.25) is 10.0 Å². The van der Waals surface area contributed by atoms with Gasteiger partial charge in [0.25, 0.3) is 0 Å². The van der Waals surface area contributed by atoms with Crippen molar-refractivity contribution >= 4 is 58.8 Å². The Morgan fingerprint density at radius 2 is 1.26 bits per heavy atom. The van der Waals surface area contributed by atoms with E-state index < -0.39 is 0 Å². The van der Waals surface area contributed by atoms with Crippen LogP contribution in [0, 0.1) is 0 Å². The fraction of sp³-hybridized carbons (Fsp3) is 0.304. The highest BCUT2D eigenvalue weighted by molar-refractivity contribution is 6.31. The first-order chi connectivity index (χ1) is 16.8. The fourth-order valence-electron chi connectivity index (χ4n) is 2.54. The van der Waals surface area contributed by atoms with Crippen LogP contribution in [0.3, 0.4) is 0 Å². The van der Waals surface area contributed by atoms with Crippen LogP contribution in [-0.4, -0.2) is 44.4 Å². The average Bonchev–Trinajstić information content (AvgIpc) is 2.84. The Bertz CT molecular complexity index is 971. The zero-order valence-electron chi connectivity index (χ0n) is 19.8. The van der Waals surface area contributed by atoms with Crippen molar-refractivity contribution in [3.8, 4) is 0 Å². The summed E-state index contributed by atoms with van der Waals surface area (Å²) in [6.07, 6.45) is 5.48. The standard InChI is InChI=1S/C15H24ClN7.C8H10ClN3/c16-12-5-7-13(8-6-12)22-15(19)23-14(18)21-10-4-2-1-3-9-20-11-17;1-11-8(10)12-7-4-2-6(9)3-5-7/h5-8,11H,1-4,9-10H2,(H2,17,20)(H5,18,19,21,22,23);2-5H,1H3,(H3,10,11,12). The number of guanidine groups is 3. The molecule has 0 aliphatic carbocycles. The second-order valence-electron chi connectivity index (χ2n) is 7.08. The number of hydrogen-bond acceptors (Lipinski definition) is 3. The first kappa shape index (κ1) is 29.5. The summed E-state index contributed by atoms with van der Waals surface area (Å²) >= 11 is 11.5. The zero-order valence-corrected chi connectivity index (χ0v) is 21.3. The lowest BCUT2D eigenvalue weighted by molar-refractivity contribution is 0.654. The molecule has 2 aromatic rings. The van der Waals surface area contributed by atoms with Crippen molar-refractivity contribution in [2.45, 2.75) is 25.7 Å². The van der Waals surface area contributed by atoms with Crippen molar-refractivity contribution in [1.29, 1.82) is 0 Å². The van der Waals surface area contributed by atoms with E-state index in [2.05, 4.69) is 30.6 Å². The Balaban J connectivity index is 0.000000427. The molecule has 0 radical (unpaired) electrons. The minimum Gasteiger partial charge on any atom is -0.390 e. The fourth-order valence-corrected chi connectivity index (χ4v) is 2.79. The highest BCUT2D eigenvalue weighted by Gasteiger charge is 1.97. The van der Waals surface area contributed by atoms with Gasteiger partial charge < -0.3 is 33.6 Å². The lowest BCUT2D eigenvalue weighted by Gasteiger charge is -2.05. The van der Waals surface area contributed by atoms with Gasteiger partial charge in [-0.05, 0) is 61.4 Å². The van der Waals surface area contributed by atoms with Gasteiger partial charge in [-0.2, -0.15) is 4.99 Å². The minimum absolute atomic E-state index is 0.164. The average molecular weight is 522 g/mol. The topological polar surface area (TPSA) is 178 Å². The van der Waals surface area contributed by atoms with Crippen LogP contribution in [0.4, 0.5) is 11.4 Å². The predicted octanol–water partition coefficient (Wildman–Crippen LogP) is 3.63. The summed E-state index contributed by atoms with van der Waals surface area (Å²) in [5.41, 5.74) is 23.8. The molecule has 12 heteroatoms. The summed E-state index contributed by atoms with van der Waals surface area (Å²) < 4.78 is 0. The minimum atomic E-state index is 0.164. The maximum atomic E-state index is 5.81. The second-order valence-corrected chi connectivity index (χ2v) is 7.95. The number of nitrogens with two attached hydrogens (primary N) is 4. The molecule has 2 rings (SSSR count). The van der Waals surface area contributed by atoms with Crippen LogP contribution in [0.15, 0.2) is 68.5 Å². The molecule has 0 fully saturated rings. The molecule has 2 aromatic carbocycles.